The smallest absolute Gasteiger partial charge is 0.134 e. The zero-order chi connectivity index (χ0) is 15.0. The molecule has 3 heteroatoms. The average Bonchev–Trinajstić information content (AvgIpc) is 3.06. The van der Waals surface area contributed by atoms with Crippen molar-refractivity contribution in [2.24, 2.45) is 11.8 Å². The van der Waals surface area contributed by atoms with Crippen molar-refractivity contribution in [1.82, 2.24) is 9.97 Å². The topological polar surface area (TPSA) is 37.8 Å². The second kappa shape index (κ2) is 5.58. The standard InChI is InChI=1S/C18H29N3/c1-5-8-19-16-11-15(18(2,3)4)20-17(21-16)14-10-12-6-7-13(14)9-12/h11-14H,5-10H2,1-4H3,(H,19,20,21). The third-order valence-corrected chi connectivity index (χ3v) is 5.14. The number of anilines is 1. The van der Waals surface area contributed by atoms with Crippen molar-refractivity contribution >= 4 is 5.82 Å². The van der Waals surface area contributed by atoms with E-state index >= 15 is 0 Å². The molecule has 0 saturated heterocycles. The summed E-state index contributed by atoms with van der Waals surface area (Å²) in [5.74, 6) is 4.51. The van der Waals surface area contributed by atoms with E-state index in [1.807, 2.05) is 0 Å². The van der Waals surface area contributed by atoms with Gasteiger partial charge in [-0.2, -0.15) is 0 Å². The first-order valence-corrected chi connectivity index (χ1v) is 8.60. The van der Waals surface area contributed by atoms with Gasteiger partial charge >= 0.3 is 0 Å². The van der Waals surface area contributed by atoms with Crippen LogP contribution in [0, 0.1) is 11.8 Å². The maximum absolute atomic E-state index is 4.96. The van der Waals surface area contributed by atoms with Crippen LogP contribution in [0.1, 0.15) is 77.2 Å². The second-order valence-corrected chi connectivity index (χ2v) is 7.95. The molecule has 0 aliphatic heterocycles. The third-order valence-electron chi connectivity index (χ3n) is 5.14. The quantitative estimate of drug-likeness (QED) is 0.886. The third kappa shape index (κ3) is 3.07. The normalized spacial score (nSPS) is 28.1. The molecule has 0 radical (unpaired) electrons. The molecule has 2 aliphatic rings. The first kappa shape index (κ1) is 14.8. The lowest BCUT2D eigenvalue weighted by Crippen LogP contribution is -2.20. The van der Waals surface area contributed by atoms with Gasteiger partial charge in [0.2, 0.25) is 0 Å². The van der Waals surface area contributed by atoms with Crippen LogP contribution in [-0.4, -0.2) is 16.5 Å². The van der Waals surface area contributed by atoms with Gasteiger partial charge in [-0.05, 0) is 37.5 Å². The van der Waals surface area contributed by atoms with Crippen LogP contribution in [-0.2, 0) is 5.41 Å². The molecule has 3 nitrogen and oxygen atoms in total. The van der Waals surface area contributed by atoms with Crippen LogP contribution in [0.4, 0.5) is 5.82 Å². The molecule has 0 aromatic carbocycles. The van der Waals surface area contributed by atoms with E-state index in [0.29, 0.717) is 5.92 Å². The monoisotopic (exact) mass is 287 g/mol. The van der Waals surface area contributed by atoms with Crippen LogP contribution in [0.3, 0.4) is 0 Å². The van der Waals surface area contributed by atoms with Crippen LogP contribution in [0.2, 0.25) is 0 Å². The number of hydrogen-bond acceptors (Lipinski definition) is 3. The molecule has 1 aromatic heterocycles. The van der Waals surface area contributed by atoms with Crippen LogP contribution in [0.25, 0.3) is 0 Å². The predicted octanol–water partition coefficient (Wildman–Crippen LogP) is 4.50. The van der Waals surface area contributed by atoms with Crippen LogP contribution in [0.5, 0.6) is 0 Å². The molecular weight excluding hydrogens is 258 g/mol. The number of aromatic nitrogens is 2. The van der Waals surface area contributed by atoms with Crippen molar-refractivity contribution in [2.75, 3.05) is 11.9 Å². The first-order chi connectivity index (χ1) is 9.97. The number of nitrogens with one attached hydrogen (secondary N) is 1. The van der Waals surface area contributed by atoms with E-state index in [0.717, 1.165) is 36.4 Å². The Kier molecular flexibility index (Phi) is 3.94. The minimum absolute atomic E-state index is 0.0813. The van der Waals surface area contributed by atoms with Gasteiger partial charge in [-0.1, -0.05) is 34.1 Å². The SMILES string of the molecule is CCCNc1cc(C(C)(C)C)nc(C2CC3CCC2C3)n1. The highest BCUT2D eigenvalue weighted by atomic mass is 15.0. The molecule has 0 spiro atoms. The number of fused-ring (bicyclic) bond motifs is 2. The average molecular weight is 287 g/mol. The summed E-state index contributed by atoms with van der Waals surface area (Å²) in [5.41, 5.74) is 1.26. The molecule has 116 valence electrons. The molecule has 1 heterocycles. The van der Waals surface area contributed by atoms with E-state index < -0.39 is 0 Å². The van der Waals surface area contributed by atoms with Crippen LogP contribution < -0.4 is 5.32 Å². The fourth-order valence-electron chi connectivity index (χ4n) is 3.92. The second-order valence-electron chi connectivity index (χ2n) is 7.95. The Morgan fingerprint density at radius 2 is 2.00 bits per heavy atom. The van der Waals surface area contributed by atoms with Gasteiger partial charge in [0.05, 0.1) is 5.69 Å². The van der Waals surface area contributed by atoms with Gasteiger partial charge in [0.25, 0.3) is 0 Å². The van der Waals surface area contributed by atoms with Gasteiger partial charge in [-0.15, -0.1) is 0 Å². The molecule has 2 bridgehead atoms. The Hall–Kier alpha value is -1.12. The fourth-order valence-corrected chi connectivity index (χ4v) is 3.92. The molecule has 3 rings (SSSR count). The highest BCUT2D eigenvalue weighted by molar-refractivity contribution is 5.38. The lowest BCUT2D eigenvalue weighted by atomic mass is 9.87. The molecule has 3 unspecified atom stereocenters. The number of hydrogen-bond donors (Lipinski definition) is 1. The summed E-state index contributed by atoms with van der Waals surface area (Å²) in [6, 6.07) is 2.15. The molecule has 21 heavy (non-hydrogen) atoms. The molecule has 3 atom stereocenters. The van der Waals surface area contributed by atoms with Crippen molar-refractivity contribution in [3.05, 3.63) is 17.6 Å². The lowest BCUT2D eigenvalue weighted by molar-refractivity contribution is 0.402. The van der Waals surface area contributed by atoms with Gasteiger partial charge < -0.3 is 5.32 Å². The highest BCUT2D eigenvalue weighted by Gasteiger charge is 2.42. The van der Waals surface area contributed by atoms with E-state index in [-0.39, 0.29) is 5.41 Å². The summed E-state index contributed by atoms with van der Waals surface area (Å²) < 4.78 is 0. The summed E-state index contributed by atoms with van der Waals surface area (Å²) in [6.07, 6.45) is 6.66. The maximum Gasteiger partial charge on any atom is 0.134 e. The lowest BCUT2D eigenvalue weighted by Gasteiger charge is -2.24. The molecule has 1 N–H and O–H groups in total. The Morgan fingerprint density at radius 3 is 2.57 bits per heavy atom. The summed E-state index contributed by atoms with van der Waals surface area (Å²) in [5, 5.41) is 3.46. The number of nitrogens with zero attached hydrogens (tertiary/aromatic N) is 2. The first-order valence-electron chi connectivity index (χ1n) is 8.60. The zero-order valence-corrected chi connectivity index (χ0v) is 13.9. The highest BCUT2D eigenvalue weighted by Crippen LogP contribution is 2.52. The Morgan fingerprint density at radius 1 is 1.19 bits per heavy atom. The fraction of sp³-hybridized carbons (Fsp3) is 0.778. The summed E-state index contributed by atoms with van der Waals surface area (Å²) in [6.45, 7) is 9.89. The molecular formula is C18H29N3. The minimum Gasteiger partial charge on any atom is -0.370 e. The van der Waals surface area contributed by atoms with E-state index in [2.05, 4.69) is 39.1 Å². The van der Waals surface area contributed by atoms with E-state index in [4.69, 9.17) is 9.97 Å². The van der Waals surface area contributed by atoms with Gasteiger partial charge in [-0.25, -0.2) is 9.97 Å². The molecule has 2 fully saturated rings. The molecule has 2 aliphatic carbocycles. The van der Waals surface area contributed by atoms with Crippen molar-refractivity contribution in [3.8, 4) is 0 Å². The summed E-state index contributed by atoms with van der Waals surface area (Å²) in [7, 11) is 0. The van der Waals surface area contributed by atoms with E-state index in [1.165, 1.54) is 31.4 Å². The maximum atomic E-state index is 4.96. The van der Waals surface area contributed by atoms with Crippen molar-refractivity contribution in [2.45, 2.75) is 71.1 Å². The zero-order valence-electron chi connectivity index (χ0n) is 13.9. The minimum atomic E-state index is 0.0813. The van der Waals surface area contributed by atoms with Crippen LogP contribution in [0.15, 0.2) is 6.07 Å². The Balaban J connectivity index is 1.91. The van der Waals surface area contributed by atoms with Gasteiger partial charge in [0.1, 0.15) is 11.6 Å². The van der Waals surface area contributed by atoms with Crippen molar-refractivity contribution < 1.29 is 0 Å². The molecule has 0 amide bonds. The largest absolute Gasteiger partial charge is 0.370 e. The van der Waals surface area contributed by atoms with Gasteiger partial charge in [0.15, 0.2) is 0 Å². The van der Waals surface area contributed by atoms with Gasteiger partial charge in [0, 0.05) is 23.9 Å². The van der Waals surface area contributed by atoms with Gasteiger partial charge in [-0.3, -0.25) is 0 Å². The van der Waals surface area contributed by atoms with E-state index in [9.17, 15) is 0 Å². The van der Waals surface area contributed by atoms with Crippen LogP contribution >= 0.6 is 0 Å². The molecule has 1 aromatic rings. The van der Waals surface area contributed by atoms with E-state index in [1.54, 1.807) is 0 Å². The Labute approximate surface area is 129 Å². The number of rotatable bonds is 4. The Bertz CT molecular complexity index is 504. The predicted molar refractivity (Wildman–Crippen MR) is 87.7 cm³/mol. The summed E-state index contributed by atoms with van der Waals surface area (Å²) in [4.78, 5) is 9.83. The van der Waals surface area contributed by atoms with Crippen molar-refractivity contribution in [1.29, 1.82) is 0 Å². The summed E-state index contributed by atoms with van der Waals surface area (Å²) >= 11 is 0. The molecule has 2 saturated carbocycles. The van der Waals surface area contributed by atoms with Crippen molar-refractivity contribution in [3.63, 3.8) is 0 Å².